The minimum Gasteiger partial charge on any atom is -0.493 e. The Balaban J connectivity index is 1.18. The van der Waals surface area contributed by atoms with E-state index in [9.17, 15) is 9.18 Å². The van der Waals surface area contributed by atoms with Gasteiger partial charge in [0.25, 0.3) is 0 Å². The van der Waals surface area contributed by atoms with E-state index in [4.69, 9.17) is 14.0 Å². The Morgan fingerprint density at radius 1 is 1.19 bits per heavy atom. The number of nitrogens with zero attached hydrogens (tertiary/aromatic N) is 3. The predicted octanol–water partition coefficient (Wildman–Crippen LogP) is 3.73. The fraction of sp³-hybridized carbons (Fsp3) is 0.417. The number of esters is 1. The van der Waals surface area contributed by atoms with Crippen LogP contribution in [0.1, 0.15) is 23.2 Å². The summed E-state index contributed by atoms with van der Waals surface area (Å²) in [5, 5.41) is 4.95. The molecule has 0 bridgehead atoms. The summed E-state index contributed by atoms with van der Waals surface area (Å²) in [5.41, 5.74) is 1.10. The number of benzene rings is 2. The lowest BCUT2D eigenvalue weighted by atomic mass is 9.91. The van der Waals surface area contributed by atoms with Crippen molar-refractivity contribution < 1.29 is 23.2 Å². The molecule has 2 aliphatic heterocycles. The topological polar surface area (TPSA) is 68.0 Å². The van der Waals surface area contributed by atoms with Crippen LogP contribution in [-0.2, 0) is 4.74 Å². The van der Waals surface area contributed by atoms with Crippen molar-refractivity contribution in [2.45, 2.75) is 18.9 Å². The number of fused-ring (bicyclic) bond motifs is 2. The van der Waals surface area contributed by atoms with Crippen molar-refractivity contribution in [3.8, 4) is 5.75 Å². The number of aromatic nitrogens is 1. The summed E-state index contributed by atoms with van der Waals surface area (Å²) in [6.45, 7) is 4.19. The molecule has 2 aliphatic rings. The number of hydrogen-bond acceptors (Lipinski definition) is 7. The van der Waals surface area contributed by atoms with Gasteiger partial charge in [-0.3, -0.25) is 4.90 Å². The fourth-order valence-electron chi connectivity index (χ4n) is 4.76. The number of anilines is 1. The third kappa shape index (κ3) is 4.14. The summed E-state index contributed by atoms with van der Waals surface area (Å²) < 4.78 is 29.9. The van der Waals surface area contributed by atoms with Crippen molar-refractivity contribution in [2.75, 3.05) is 44.8 Å². The molecule has 0 spiro atoms. The van der Waals surface area contributed by atoms with Gasteiger partial charge in [-0.1, -0.05) is 11.2 Å². The second-order valence-corrected chi connectivity index (χ2v) is 8.52. The molecule has 32 heavy (non-hydrogen) atoms. The van der Waals surface area contributed by atoms with Crippen LogP contribution < -0.4 is 9.64 Å². The van der Waals surface area contributed by atoms with Gasteiger partial charge >= 0.3 is 5.97 Å². The number of piperazine rings is 1. The van der Waals surface area contributed by atoms with E-state index in [0.717, 1.165) is 50.2 Å². The molecule has 3 heterocycles. The van der Waals surface area contributed by atoms with Crippen LogP contribution in [0.2, 0.25) is 0 Å². The van der Waals surface area contributed by atoms with E-state index < -0.39 is 0 Å². The van der Waals surface area contributed by atoms with Crippen LogP contribution in [-0.4, -0.2) is 62.0 Å². The number of rotatable bonds is 5. The lowest BCUT2D eigenvalue weighted by Crippen LogP contribution is -2.57. The highest BCUT2D eigenvalue weighted by Gasteiger charge is 2.34. The van der Waals surface area contributed by atoms with Gasteiger partial charge < -0.3 is 18.9 Å². The smallest absolute Gasteiger partial charge is 0.337 e. The van der Waals surface area contributed by atoms with Crippen LogP contribution in [0.5, 0.6) is 5.75 Å². The molecule has 2 atom stereocenters. The molecule has 2 unspecified atom stereocenters. The van der Waals surface area contributed by atoms with E-state index in [2.05, 4.69) is 15.0 Å². The molecular weight excluding hydrogens is 413 g/mol. The molecule has 0 saturated carbocycles. The van der Waals surface area contributed by atoms with Crippen molar-refractivity contribution in [3.63, 3.8) is 0 Å². The number of ether oxygens (including phenoxy) is 2. The molecule has 2 aromatic carbocycles. The van der Waals surface area contributed by atoms with Crippen LogP contribution >= 0.6 is 0 Å². The first-order chi connectivity index (χ1) is 15.6. The average Bonchev–Trinajstić information content (AvgIpc) is 3.25. The quantitative estimate of drug-likeness (QED) is 0.561. The number of carbonyl (C=O) groups excluding carboxylic acids is 1. The fourth-order valence-corrected chi connectivity index (χ4v) is 4.76. The lowest BCUT2D eigenvalue weighted by molar-refractivity contribution is 0.0599. The normalized spacial score (nSPS) is 21.4. The van der Waals surface area contributed by atoms with Crippen molar-refractivity contribution in [1.29, 1.82) is 0 Å². The highest BCUT2D eigenvalue weighted by atomic mass is 19.1. The largest absolute Gasteiger partial charge is 0.493 e. The van der Waals surface area contributed by atoms with Crippen LogP contribution in [0.25, 0.3) is 11.0 Å². The number of methoxy groups -OCH3 is 1. The van der Waals surface area contributed by atoms with Crippen LogP contribution in [0.4, 0.5) is 10.2 Å². The van der Waals surface area contributed by atoms with E-state index >= 15 is 0 Å². The van der Waals surface area contributed by atoms with Crippen molar-refractivity contribution in [2.24, 2.45) is 5.92 Å². The first kappa shape index (κ1) is 20.8. The summed E-state index contributed by atoms with van der Waals surface area (Å²) in [7, 11) is 1.37. The Labute approximate surface area is 185 Å². The summed E-state index contributed by atoms with van der Waals surface area (Å²) in [6, 6.07) is 12.1. The highest BCUT2D eigenvalue weighted by molar-refractivity contribution is 5.90. The van der Waals surface area contributed by atoms with E-state index in [1.54, 1.807) is 24.3 Å². The Bertz CT molecular complexity index is 1120. The van der Waals surface area contributed by atoms with Crippen LogP contribution in [0.15, 0.2) is 47.0 Å². The number of hydrogen-bond donors (Lipinski definition) is 0. The minimum absolute atomic E-state index is 0.279. The van der Waals surface area contributed by atoms with E-state index in [-0.39, 0.29) is 11.8 Å². The first-order valence-corrected chi connectivity index (χ1v) is 11.0. The third-order valence-electron chi connectivity index (χ3n) is 6.46. The van der Waals surface area contributed by atoms with Crippen LogP contribution in [0.3, 0.4) is 0 Å². The first-order valence-electron chi connectivity index (χ1n) is 11.0. The van der Waals surface area contributed by atoms with Crippen molar-refractivity contribution in [3.05, 3.63) is 53.8 Å². The molecular formula is C24H26FN3O4. The van der Waals surface area contributed by atoms with Gasteiger partial charge in [-0.2, -0.15) is 0 Å². The van der Waals surface area contributed by atoms with E-state index in [1.165, 1.54) is 19.2 Å². The molecule has 1 aromatic heterocycles. The molecule has 5 rings (SSSR count). The maximum Gasteiger partial charge on any atom is 0.337 e. The molecule has 8 heteroatoms. The maximum absolute atomic E-state index is 13.7. The van der Waals surface area contributed by atoms with Crippen LogP contribution in [0, 0.1) is 11.7 Å². The highest BCUT2D eigenvalue weighted by Crippen LogP contribution is 2.32. The second-order valence-electron chi connectivity index (χ2n) is 8.52. The Morgan fingerprint density at radius 3 is 2.97 bits per heavy atom. The summed E-state index contributed by atoms with van der Waals surface area (Å²) in [6.07, 6.45) is 2.14. The summed E-state index contributed by atoms with van der Waals surface area (Å²) in [5.74, 6) is 1.20. The molecule has 0 N–H and O–H groups in total. The van der Waals surface area contributed by atoms with Gasteiger partial charge in [-0.05, 0) is 49.2 Å². The van der Waals surface area contributed by atoms with Gasteiger partial charge in [0.05, 0.1) is 24.7 Å². The molecule has 7 nitrogen and oxygen atoms in total. The van der Waals surface area contributed by atoms with Gasteiger partial charge in [-0.25, -0.2) is 9.18 Å². The van der Waals surface area contributed by atoms with Crippen molar-refractivity contribution in [1.82, 2.24) is 10.1 Å². The van der Waals surface area contributed by atoms with E-state index in [0.29, 0.717) is 35.5 Å². The Morgan fingerprint density at radius 2 is 2.09 bits per heavy atom. The zero-order valence-corrected chi connectivity index (χ0v) is 18.0. The molecule has 2 saturated heterocycles. The van der Waals surface area contributed by atoms with Gasteiger partial charge in [0.1, 0.15) is 11.6 Å². The monoisotopic (exact) mass is 439 g/mol. The van der Waals surface area contributed by atoms with Crippen molar-refractivity contribution >= 4 is 22.8 Å². The molecule has 2 fully saturated rings. The Hall–Kier alpha value is -3.13. The maximum atomic E-state index is 13.7. The van der Waals surface area contributed by atoms with Gasteiger partial charge in [0.2, 0.25) is 0 Å². The molecule has 0 amide bonds. The Kier molecular flexibility index (Phi) is 5.70. The molecule has 168 valence electrons. The zero-order chi connectivity index (χ0) is 22.1. The molecule has 0 aliphatic carbocycles. The van der Waals surface area contributed by atoms with Gasteiger partial charge in [-0.15, -0.1) is 0 Å². The van der Waals surface area contributed by atoms with E-state index in [1.807, 2.05) is 6.07 Å². The molecule has 0 radical (unpaired) electrons. The molecule has 3 aromatic rings. The average molecular weight is 439 g/mol. The number of carbonyl (C=O) groups is 1. The lowest BCUT2D eigenvalue weighted by Gasteiger charge is -2.46. The number of halogens is 1. The summed E-state index contributed by atoms with van der Waals surface area (Å²) in [4.78, 5) is 16.4. The zero-order valence-electron chi connectivity index (χ0n) is 18.0. The third-order valence-corrected chi connectivity index (χ3v) is 6.46. The standard InChI is InChI=1S/C24H26FN3O4/c1-30-24(29)17-3-2-4-20(11-17)31-15-16-5-7-19-14-28(10-9-27(19)13-16)23-21-12-18(25)6-8-22(21)32-26-23/h2-4,6,8,11-12,16,19H,5,7,9-10,13-15H2,1H3. The SMILES string of the molecule is COC(=O)c1cccc(OCC2CCC3CN(c4noc5ccc(F)cc45)CCN3C2)c1. The summed E-state index contributed by atoms with van der Waals surface area (Å²) >= 11 is 0. The minimum atomic E-state index is -0.364. The van der Waals surface area contributed by atoms with Gasteiger partial charge in [0.15, 0.2) is 11.4 Å². The van der Waals surface area contributed by atoms with Gasteiger partial charge in [0, 0.05) is 38.1 Å². The second kappa shape index (κ2) is 8.78. The predicted molar refractivity (Wildman–Crippen MR) is 118 cm³/mol. The number of piperidine rings is 1.